The van der Waals surface area contributed by atoms with Gasteiger partial charge in [-0.25, -0.2) is 9.98 Å². The molecule has 3 heteroatoms. The fourth-order valence-corrected chi connectivity index (χ4v) is 7.08. The van der Waals surface area contributed by atoms with E-state index < -0.39 is 0 Å². The highest BCUT2D eigenvalue weighted by molar-refractivity contribution is 6.22. The van der Waals surface area contributed by atoms with Crippen molar-refractivity contribution in [1.29, 1.82) is 0 Å². The van der Waals surface area contributed by atoms with E-state index in [1.54, 1.807) is 0 Å². The van der Waals surface area contributed by atoms with Crippen LogP contribution in [0.3, 0.4) is 0 Å². The first-order chi connectivity index (χ1) is 23.0. The topological polar surface area (TPSA) is 34.5 Å². The van der Waals surface area contributed by atoms with Crippen LogP contribution in [0.15, 0.2) is 151 Å². The summed E-state index contributed by atoms with van der Waals surface area (Å²) in [5.41, 5.74) is 7.35. The molecule has 0 N–H and O–H groups in total. The van der Waals surface area contributed by atoms with Gasteiger partial charge in [0.25, 0.3) is 0 Å². The Kier molecular flexibility index (Phi) is 6.23. The summed E-state index contributed by atoms with van der Waals surface area (Å²) in [4.78, 5) is 9.85. The molecular weight excluding hydrogens is 572 g/mol. The molecule has 0 fully saturated rings. The van der Waals surface area contributed by atoms with Crippen LogP contribution in [0.5, 0.6) is 0 Å². The Morgan fingerprint density at radius 3 is 1.62 bits per heavy atom. The molecule has 9 rings (SSSR count). The molecule has 3 nitrogen and oxygen atoms in total. The van der Waals surface area contributed by atoms with E-state index in [0.717, 1.165) is 17.0 Å². The van der Waals surface area contributed by atoms with Crippen LogP contribution in [0.1, 0.15) is 19.5 Å². The van der Waals surface area contributed by atoms with E-state index in [4.69, 9.17) is 14.7 Å². The Hall–Kier alpha value is -5.80. The predicted molar refractivity (Wildman–Crippen MR) is 197 cm³/mol. The Balaban J connectivity index is 1.34. The first kappa shape index (κ1) is 27.5. The quantitative estimate of drug-likeness (QED) is 0.187. The minimum atomic E-state index is -0.245. The van der Waals surface area contributed by atoms with Crippen LogP contribution in [0.2, 0.25) is 0 Å². The highest BCUT2D eigenvalue weighted by atomic mass is 16.5. The SMILES string of the molecule is CC1(C)COC(c2cccc(-c3ccc4c(-c5ccc6ccccc6c5)c5ccccc5c(-c5ccc6ccccc6c5)c4c3)n2)=N1. The van der Waals surface area contributed by atoms with Crippen molar-refractivity contribution in [3.63, 3.8) is 0 Å². The van der Waals surface area contributed by atoms with Gasteiger partial charge in [-0.2, -0.15) is 0 Å². The van der Waals surface area contributed by atoms with Crippen LogP contribution in [0.4, 0.5) is 0 Å². The third-order valence-electron chi connectivity index (χ3n) is 9.33. The van der Waals surface area contributed by atoms with Crippen molar-refractivity contribution in [3.05, 3.63) is 151 Å². The molecule has 0 saturated carbocycles. The van der Waals surface area contributed by atoms with Crippen LogP contribution in [0.25, 0.3) is 76.6 Å². The second kappa shape index (κ2) is 10.6. The summed E-state index contributed by atoms with van der Waals surface area (Å²) in [5.74, 6) is 0.610. The predicted octanol–water partition coefficient (Wildman–Crippen LogP) is 11.3. The van der Waals surface area contributed by atoms with E-state index in [1.807, 2.05) is 12.1 Å². The molecule has 7 aromatic carbocycles. The van der Waals surface area contributed by atoms with E-state index in [-0.39, 0.29) is 5.54 Å². The standard InChI is InChI=1S/C44H32N2O/c1-44(2)27-47-43(46-44)40-17-9-16-39(45-40)32-22-23-37-38(26-32)42(34-21-19-29-11-4-6-13-31(29)25-34)36-15-8-7-14-35(36)41(37)33-20-18-28-10-3-5-12-30(28)24-33/h3-26H,27H2,1-2H3. The molecule has 47 heavy (non-hydrogen) atoms. The number of nitrogens with zero attached hydrogens (tertiary/aromatic N) is 2. The zero-order chi connectivity index (χ0) is 31.5. The van der Waals surface area contributed by atoms with Gasteiger partial charge in [-0.15, -0.1) is 0 Å². The number of aliphatic imine (C=N–C) groups is 1. The molecule has 0 bridgehead atoms. The Labute approximate surface area is 273 Å². The first-order valence-electron chi connectivity index (χ1n) is 16.2. The lowest BCUT2D eigenvalue weighted by molar-refractivity contribution is 0.279. The number of benzene rings is 7. The van der Waals surface area contributed by atoms with Gasteiger partial charge in [-0.05, 0) is 110 Å². The number of aromatic nitrogens is 1. The van der Waals surface area contributed by atoms with Crippen molar-refractivity contribution in [2.75, 3.05) is 6.61 Å². The second-order valence-corrected chi connectivity index (χ2v) is 13.1. The minimum Gasteiger partial charge on any atom is -0.474 e. The summed E-state index contributed by atoms with van der Waals surface area (Å²) in [6.45, 7) is 4.72. The van der Waals surface area contributed by atoms with Crippen molar-refractivity contribution in [2.24, 2.45) is 4.99 Å². The second-order valence-electron chi connectivity index (χ2n) is 13.1. The van der Waals surface area contributed by atoms with Crippen LogP contribution in [0, 0.1) is 0 Å². The molecule has 0 radical (unpaired) electrons. The summed E-state index contributed by atoms with van der Waals surface area (Å²) in [7, 11) is 0. The van der Waals surface area contributed by atoms with Gasteiger partial charge in [0.2, 0.25) is 5.90 Å². The Morgan fingerprint density at radius 1 is 0.468 bits per heavy atom. The molecule has 0 aliphatic carbocycles. The van der Waals surface area contributed by atoms with Gasteiger partial charge in [-0.1, -0.05) is 115 Å². The van der Waals surface area contributed by atoms with Crippen LogP contribution >= 0.6 is 0 Å². The fourth-order valence-electron chi connectivity index (χ4n) is 7.08. The summed E-state index contributed by atoms with van der Waals surface area (Å²) in [6.07, 6.45) is 0. The third kappa shape index (κ3) is 4.74. The molecule has 1 aromatic heterocycles. The summed E-state index contributed by atoms with van der Waals surface area (Å²) in [6, 6.07) is 52.6. The van der Waals surface area contributed by atoms with E-state index in [9.17, 15) is 0 Å². The van der Waals surface area contributed by atoms with Gasteiger partial charge < -0.3 is 4.74 Å². The average molecular weight is 605 g/mol. The van der Waals surface area contributed by atoms with E-state index in [2.05, 4.69) is 147 Å². The molecule has 0 unspecified atom stereocenters. The summed E-state index contributed by atoms with van der Waals surface area (Å²) < 4.78 is 5.96. The number of pyridine rings is 1. The molecular formula is C44H32N2O. The van der Waals surface area contributed by atoms with Crippen molar-refractivity contribution in [2.45, 2.75) is 19.4 Å². The molecule has 0 spiro atoms. The van der Waals surface area contributed by atoms with Gasteiger partial charge in [0.05, 0.1) is 11.2 Å². The molecule has 2 heterocycles. The number of ether oxygens (including phenoxy) is 1. The third-order valence-corrected chi connectivity index (χ3v) is 9.33. The molecule has 0 saturated heterocycles. The maximum absolute atomic E-state index is 5.96. The smallest absolute Gasteiger partial charge is 0.236 e. The molecule has 0 amide bonds. The van der Waals surface area contributed by atoms with Gasteiger partial charge in [0, 0.05) is 5.56 Å². The van der Waals surface area contributed by atoms with Crippen LogP contribution in [-0.2, 0) is 4.74 Å². The van der Waals surface area contributed by atoms with Crippen molar-refractivity contribution in [1.82, 2.24) is 4.98 Å². The maximum Gasteiger partial charge on any atom is 0.236 e. The molecule has 224 valence electrons. The van der Waals surface area contributed by atoms with Gasteiger partial charge in [-0.3, -0.25) is 0 Å². The monoisotopic (exact) mass is 604 g/mol. The highest BCUT2D eigenvalue weighted by Crippen LogP contribution is 2.45. The first-order valence-corrected chi connectivity index (χ1v) is 16.2. The fraction of sp³-hybridized carbons (Fsp3) is 0.0909. The molecule has 1 aliphatic heterocycles. The Bertz CT molecular complexity index is 2560. The van der Waals surface area contributed by atoms with E-state index in [1.165, 1.54) is 65.3 Å². The lowest BCUT2D eigenvalue weighted by Crippen LogP contribution is -2.17. The van der Waals surface area contributed by atoms with E-state index >= 15 is 0 Å². The largest absolute Gasteiger partial charge is 0.474 e. The lowest BCUT2D eigenvalue weighted by atomic mass is 9.84. The molecule has 1 aliphatic rings. The van der Waals surface area contributed by atoms with Crippen molar-refractivity contribution < 1.29 is 4.74 Å². The van der Waals surface area contributed by atoms with Gasteiger partial charge >= 0.3 is 0 Å². The van der Waals surface area contributed by atoms with Crippen molar-refractivity contribution >= 4 is 49.0 Å². The maximum atomic E-state index is 5.96. The summed E-state index contributed by atoms with van der Waals surface area (Å²) in [5, 5.41) is 9.82. The van der Waals surface area contributed by atoms with Crippen LogP contribution in [-0.4, -0.2) is 23.0 Å². The normalized spacial score (nSPS) is 14.1. The zero-order valence-electron chi connectivity index (χ0n) is 26.4. The van der Waals surface area contributed by atoms with Crippen LogP contribution < -0.4 is 0 Å². The van der Waals surface area contributed by atoms with Gasteiger partial charge in [0.15, 0.2) is 0 Å². The zero-order valence-corrected chi connectivity index (χ0v) is 26.4. The minimum absolute atomic E-state index is 0.245. The molecule has 8 aromatic rings. The number of hydrogen-bond donors (Lipinski definition) is 0. The molecule has 0 atom stereocenters. The van der Waals surface area contributed by atoms with Gasteiger partial charge in [0.1, 0.15) is 12.3 Å². The highest BCUT2D eigenvalue weighted by Gasteiger charge is 2.28. The number of rotatable bonds is 4. The lowest BCUT2D eigenvalue weighted by Gasteiger charge is -2.19. The van der Waals surface area contributed by atoms with Crippen molar-refractivity contribution in [3.8, 4) is 33.5 Å². The number of hydrogen-bond acceptors (Lipinski definition) is 3. The number of fused-ring (bicyclic) bond motifs is 4. The summed E-state index contributed by atoms with van der Waals surface area (Å²) >= 11 is 0. The average Bonchev–Trinajstić information content (AvgIpc) is 3.49. The Morgan fingerprint density at radius 2 is 1.00 bits per heavy atom. The van der Waals surface area contributed by atoms with E-state index in [0.29, 0.717) is 12.5 Å².